The highest BCUT2D eigenvalue weighted by molar-refractivity contribution is 5.94. The third-order valence-corrected chi connectivity index (χ3v) is 6.97. The van der Waals surface area contributed by atoms with Gasteiger partial charge in [0.25, 0.3) is 5.91 Å². The summed E-state index contributed by atoms with van der Waals surface area (Å²) in [5, 5.41) is 3.16. The second kappa shape index (κ2) is 11.2. The number of pyridine rings is 1. The number of piperidine rings is 1. The molecule has 38 heavy (non-hydrogen) atoms. The molecule has 0 aliphatic carbocycles. The zero-order chi connectivity index (χ0) is 26.6. The number of aryl methyl sites for hydroxylation is 3. The van der Waals surface area contributed by atoms with Crippen LogP contribution in [0, 0.1) is 13.8 Å². The number of nitrogens with one attached hydrogen (secondary N) is 1. The number of nitrogens with zero attached hydrogens (tertiary/aromatic N) is 2. The van der Waals surface area contributed by atoms with Gasteiger partial charge in [0.15, 0.2) is 11.5 Å². The first kappa shape index (κ1) is 25.7. The molecule has 0 spiro atoms. The fraction of sp³-hybridized carbons (Fsp3) is 0.367. The molecule has 1 N–H and O–H groups in total. The Kier molecular flexibility index (Phi) is 7.60. The van der Waals surface area contributed by atoms with Crippen LogP contribution in [0.3, 0.4) is 0 Å². The van der Waals surface area contributed by atoms with E-state index in [0.717, 1.165) is 22.5 Å². The number of likely N-dealkylation sites (tertiary alicyclic amines) is 1. The Bertz CT molecular complexity index is 1320. The third kappa shape index (κ3) is 5.97. The van der Waals surface area contributed by atoms with E-state index >= 15 is 0 Å². The fourth-order valence-corrected chi connectivity index (χ4v) is 5.12. The Morgan fingerprint density at radius 2 is 1.87 bits per heavy atom. The third-order valence-electron chi connectivity index (χ3n) is 6.97. The fourth-order valence-electron chi connectivity index (χ4n) is 5.12. The summed E-state index contributed by atoms with van der Waals surface area (Å²) in [7, 11) is 1.61. The van der Waals surface area contributed by atoms with Crippen LogP contribution >= 0.6 is 0 Å². The van der Waals surface area contributed by atoms with E-state index in [-0.39, 0.29) is 24.0 Å². The van der Waals surface area contributed by atoms with Gasteiger partial charge < -0.3 is 24.4 Å². The second-order valence-electron chi connectivity index (χ2n) is 9.94. The second-order valence-corrected chi connectivity index (χ2v) is 9.94. The van der Waals surface area contributed by atoms with Crippen molar-refractivity contribution < 1.29 is 23.8 Å². The molecule has 4 bridgehead atoms. The van der Waals surface area contributed by atoms with Crippen molar-refractivity contribution in [1.29, 1.82) is 0 Å². The van der Waals surface area contributed by atoms with Crippen LogP contribution in [0.15, 0.2) is 54.6 Å². The van der Waals surface area contributed by atoms with Gasteiger partial charge in [-0.25, -0.2) is 0 Å². The Hall–Kier alpha value is -3.91. The van der Waals surface area contributed by atoms with E-state index in [9.17, 15) is 9.59 Å². The van der Waals surface area contributed by atoms with Crippen molar-refractivity contribution in [2.24, 2.45) is 0 Å². The summed E-state index contributed by atoms with van der Waals surface area (Å²) in [6, 6.07) is 16.8. The molecule has 3 aromatic rings. The highest BCUT2D eigenvalue weighted by Gasteiger charge is 2.34. The lowest BCUT2D eigenvalue weighted by molar-refractivity contribution is -0.124. The van der Waals surface area contributed by atoms with Crippen molar-refractivity contribution in [3.8, 4) is 17.2 Å². The van der Waals surface area contributed by atoms with Gasteiger partial charge >= 0.3 is 0 Å². The van der Waals surface area contributed by atoms with E-state index in [1.807, 2.05) is 68.4 Å². The Morgan fingerprint density at radius 1 is 1.05 bits per heavy atom. The maximum atomic E-state index is 13.3. The molecule has 0 saturated carbocycles. The topological polar surface area (TPSA) is 90.0 Å². The van der Waals surface area contributed by atoms with E-state index in [4.69, 9.17) is 14.2 Å². The van der Waals surface area contributed by atoms with Crippen LogP contribution in [0.5, 0.6) is 17.2 Å². The maximum Gasteiger partial charge on any atom is 0.254 e. The molecule has 1 saturated heterocycles. The summed E-state index contributed by atoms with van der Waals surface area (Å²) >= 11 is 0. The minimum atomic E-state index is -0.319. The van der Waals surface area contributed by atoms with Crippen molar-refractivity contribution >= 4 is 11.8 Å². The first-order chi connectivity index (χ1) is 18.4. The predicted molar refractivity (Wildman–Crippen MR) is 143 cm³/mol. The average Bonchev–Trinajstić information content (AvgIpc) is 2.90. The van der Waals surface area contributed by atoms with Gasteiger partial charge in [0.05, 0.1) is 25.9 Å². The first-order valence-corrected chi connectivity index (χ1v) is 13.0. The molecule has 5 rings (SSSR count). The van der Waals surface area contributed by atoms with Gasteiger partial charge in [-0.2, -0.15) is 0 Å². The van der Waals surface area contributed by atoms with Gasteiger partial charge in [0.2, 0.25) is 5.91 Å². The van der Waals surface area contributed by atoms with Gasteiger partial charge in [-0.3, -0.25) is 14.6 Å². The number of benzene rings is 2. The van der Waals surface area contributed by atoms with Gasteiger partial charge in [-0.05, 0) is 74.2 Å². The van der Waals surface area contributed by atoms with Crippen LogP contribution in [0.25, 0.3) is 0 Å². The van der Waals surface area contributed by atoms with Crippen molar-refractivity contribution in [2.75, 3.05) is 20.2 Å². The lowest BCUT2D eigenvalue weighted by atomic mass is 10.00. The number of ether oxygens (including phenoxy) is 3. The molecule has 8 heteroatoms. The number of amides is 2. The van der Waals surface area contributed by atoms with Gasteiger partial charge in [-0.1, -0.05) is 18.2 Å². The minimum absolute atomic E-state index is 0.0576. The lowest BCUT2D eigenvalue weighted by Crippen LogP contribution is -2.57. The van der Waals surface area contributed by atoms with Crippen molar-refractivity contribution in [3.63, 3.8) is 0 Å². The molecule has 2 aliphatic rings. The molecule has 2 atom stereocenters. The van der Waals surface area contributed by atoms with Crippen LogP contribution in [0.4, 0.5) is 0 Å². The van der Waals surface area contributed by atoms with E-state index < -0.39 is 0 Å². The molecule has 2 aromatic carbocycles. The van der Waals surface area contributed by atoms with Crippen LogP contribution in [0.1, 0.15) is 45.7 Å². The zero-order valence-electron chi connectivity index (χ0n) is 22.0. The van der Waals surface area contributed by atoms with Gasteiger partial charge in [0, 0.05) is 36.5 Å². The summed E-state index contributed by atoms with van der Waals surface area (Å²) < 4.78 is 18.0. The molecule has 8 nitrogen and oxygen atoms in total. The normalized spacial score (nSPS) is 19.8. The predicted octanol–water partition coefficient (Wildman–Crippen LogP) is 4.36. The highest BCUT2D eigenvalue weighted by atomic mass is 16.5. The Morgan fingerprint density at radius 3 is 2.66 bits per heavy atom. The van der Waals surface area contributed by atoms with Crippen molar-refractivity contribution in [2.45, 2.75) is 51.9 Å². The Labute approximate surface area is 222 Å². The largest absolute Gasteiger partial charge is 0.493 e. The number of fused-ring (bicyclic) bond motifs is 5. The smallest absolute Gasteiger partial charge is 0.254 e. The number of aromatic nitrogens is 1. The number of hydrogen-bond acceptors (Lipinski definition) is 6. The van der Waals surface area contributed by atoms with E-state index in [1.54, 1.807) is 12.0 Å². The first-order valence-electron chi connectivity index (χ1n) is 13.0. The summed E-state index contributed by atoms with van der Waals surface area (Å²) in [5.74, 6) is 1.77. The van der Waals surface area contributed by atoms with Crippen molar-refractivity contribution in [1.82, 2.24) is 15.2 Å². The van der Waals surface area contributed by atoms with E-state index in [0.29, 0.717) is 61.8 Å². The van der Waals surface area contributed by atoms with Crippen molar-refractivity contribution in [3.05, 3.63) is 82.7 Å². The molecule has 198 valence electrons. The lowest BCUT2D eigenvalue weighted by Gasteiger charge is -2.39. The van der Waals surface area contributed by atoms with Crippen LogP contribution in [0.2, 0.25) is 0 Å². The van der Waals surface area contributed by atoms with E-state index in [2.05, 4.69) is 10.3 Å². The molecule has 1 fully saturated rings. The summed E-state index contributed by atoms with van der Waals surface area (Å²) in [6.07, 6.45) is 1.25. The molecule has 2 amide bonds. The average molecular weight is 516 g/mol. The minimum Gasteiger partial charge on any atom is -0.493 e. The highest BCUT2D eigenvalue weighted by Crippen LogP contribution is 2.33. The molecule has 3 heterocycles. The maximum absolute atomic E-state index is 13.3. The number of methoxy groups -OCH3 is 1. The monoisotopic (exact) mass is 515 g/mol. The summed E-state index contributed by atoms with van der Waals surface area (Å²) in [5.41, 5.74) is 4.16. The zero-order valence-corrected chi connectivity index (χ0v) is 22.0. The number of carbonyl (C=O) groups is 2. The van der Waals surface area contributed by atoms with Crippen LogP contribution in [-0.4, -0.2) is 54.0 Å². The number of hydrogen-bond donors (Lipinski definition) is 1. The summed E-state index contributed by atoms with van der Waals surface area (Å²) in [6.45, 7) is 5.06. The number of carbonyl (C=O) groups excluding carboxylic acids is 2. The molecular formula is C30H33N3O5. The standard InChI is InChI=1S/C30H33N3O5/c1-19-13-23(14-20(2)31-19)30(35)33-12-11-26-25(17-33)32-29(34)10-8-21-7-9-27(36-3)28(16-21)38-24-6-4-5-22(15-24)18-37-26/h4-7,9,13-16,25-26H,8,10-12,17-18H2,1-3H3,(H,32,34)/t25-,26+/m0/s1. The summed E-state index contributed by atoms with van der Waals surface area (Å²) in [4.78, 5) is 32.6. The van der Waals surface area contributed by atoms with Crippen LogP contribution < -0.4 is 14.8 Å². The van der Waals surface area contributed by atoms with E-state index in [1.165, 1.54) is 0 Å². The molecule has 0 unspecified atom stereocenters. The quantitative estimate of drug-likeness (QED) is 0.546. The molecule has 0 radical (unpaired) electrons. The van der Waals surface area contributed by atoms with Crippen LogP contribution in [-0.2, 0) is 22.6 Å². The molecular weight excluding hydrogens is 482 g/mol. The number of rotatable bonds is 2. The Balaban J connectivity index is 1.39. The SMILES string of the molecule is COc1ccc2cc1Oc1cccc(c1)CO[C@@H]1CCN(C(=O)c3cc(C)nc(C)c3)C[C@@H]1NC(=O)CC2. The molecule has 1 aromatic heterocycles. The van der Waals surface area contributed by atoms with Gasteiger partial charge in [0.1, 0.15) is 5.75 Å². The van der Waals surface area contributed by atoms with Gasteiger partial charge in [-0.15, -0.1) is 0 Å². The molecule has 2 aliphatic heterocycles.